The van der Waals surface area contributed by atoms with Gasteiger partial charge in [-0.3, -0.25) is 0 Å². The lowest BCUT2D eigenvalue weighted by molar-refractivity contribution is 0.466. The van der Waals surface area contributed by atoms with Crippen LogP contribution in [0.4, 0.5) is 17.5 Å². The Labute approximate surface area is 215 Å². The molecule has 9 nitrogen and oxygen atoms in total. The van der Waals surface area contributed by atoms with Gasteiger partial charge in [0.15, 0.2) is 0 Å². The molecular weight excluding hydrogens is 464 g/mol. The van der Waals surface area contributed by atoms with Gasteiger partial charge in [0.05, 0.1) is 29.3 Å². The highest BCUT2D eigenvalue weighted by Crippen LogP contribution is 2.38. The normalized spacial score (nSPS) is 11.4. The number of aryl methyl sites for hydroxylation is 1. The summed E-state index contributed by atoms with van der Waals surface area (Å²) in [5.41, 5.74) is 3.08. The largest absolute Gasteiger partial charge is 0.437 e. The van der Waals surface area contributed by atoms with E-state index >= 15 is 0 Å². The summed E-state index contributed by atoms with van der Waals surface area (Å²) in [4.78, 5) is 26.9. The van der Waals surface area contributed by atoms with Crippen LogP contribution in [0.25, 0.3) is 22.0 Å². The summed E-state index contributed by atoms with van der Waals surface area (Å²) in [6.45, 7) is 8.27. The van der Waals surface area contributed by atoms with E-state index in [0.717, 1.165) is 33.4 Å². The first-order valence-corrected chi connectivity index (χ1v) is 12.0. The van der Waals surface area contributed by atoms with Crippen LogP contribution < -0.4 is 15.4 Å². The zero-order chi connectivity index (χ0) is 26.0. The van der Waals surface area contributed by atoms with Crippen molar-refractivity contribution in [2.24, 2.45) is 0 Å². The van der Waals surface area contributed by atoms with Gasteiger partial charge in [-0.2, -0.15) is 0 Å². The van der Waals surface area contributed by atoms with Crippen molar-refractivity contribution in [3.63, 3.8) is 0 Å². The molecule has 4 aromatic heterocycles. The molecule has 0 aliphatic carbocycles. The maximum Gasteiger partial charge on any atom is 0.228 e. The van der Waals surface area contributed by atoms with Crippen molar-refractivity contribution in [3.05, 3.63) is 78.8 Å². The van der Waals surface area contributed by atoms with E-state index in [4.69, 9.17) is 4.74 Å². The van der Waals surface area contributed by atoms with E-state index in [1.165, 1.54) is 0 Å². The summed E-state index contributed by atoms with van der Waals surface area (Å²) < 4.78 is 6.47. The topological polar surface area (TPSA) is 111 Å². The van der Waals surface area contributed by atoms with E-state index in [-0.39, 0.29) is 5.41 Å². The Morgan fingerprint density at radius 3 is 2.35 bits per heavy atom. The highest BCUT2D eigenvalue weighted by molar-refractivity contribution is 5.98. The van der Waals surface area contributed by atoms with Gasteiger partial charge in [0.2, 0.25) is 11.8 Å². The number of pyridine rings is 2. The van der Waals surface area contributed by atoms with Crippen molar-refractivity contribution in [1.82, 2.24) is 29.9 Å². The first-order chi connectivity index (χ1) is 17.8. The molecule has 0 radical (unpaired) electrons. The van der Waals surface area contributed by atoms with Crippen LogP contribution >= 0.6 is 0 Å². The second-order valence-electron chi connectivity index (χ2n) is 9.61. The molecule has 2 N–H and O–H groups in total. The van der Waals surface area contributed by atoms with Gasteiger partial charge in [-0.05, 0) is 36.8 Å². The number of hydrogen-bond acceptors (Lipinski definition) is 9. The molecule has 9 heteroatoms. The van der Waals surface area contributed by atoms with Crippen molar-refractivity contribution in [3.8, 4) is 22.9 Å². The fraction of sp³-hybridized carbons (Fsp3) is 0.214. The summed E-state index contributed by atoms with van der Waals surface area (Å²) in [6, 6.07) is 11.6. The number of aromatic nitrogens is 6. The van der Waals surface area contributed by atoms with Crippen LogP contribution in [0.3, 0.4) is 0 Å². The predicted octanol–water partition coefficient (Wildman–Crippen LogP) is 6.06. The van der Waals surface area contributed by atoms with Crippen LogP contribution in [0.15, 0.2) is 67.4 Å². The Morgan fingerprint density at radius 1 is 0.811 bits per heavy atom. The van der Waals surface area contributed by atoms with Crippen LogP contribution in [0.2, 0.25) is 0 Å². The van der Waals surface area contributed by atoms with Crippen LogP contribution in [-0.2, 0) is 5.41 Å². The lowest BCUT2D eigenvalue weighted by atomic mass is 9.96. The summed E-state index contributed by atoms with van der Waals surface area (Å²) in [5, 5.41) is 8.13. The Balaban J connectivity index is 1.52. The average molecular weight is 493 g/mol. The van der Waals surface area contributed by atoms with E-state index in [1.807, 2.05) is 43.3 Å². The molecule has 37 heavy (non-hydrogen) atoms. The van der Waals surface area contributed by atoms with Crippen LogP contribution in [0.1, 0.15) is 32.2 Å². The third kappa shape index (κ3) is 5.02. The molecule has 0 bridgehead atoms. The Morgan fingerprint density at radius 2 is 1.59 bits per heavy atom. The van der Waals surface area contributed by atoms with Crippen molar-refractivity contribution in [2.75, 3.05) is 17.7 Å². The average Bonchev–Trinajstić information content (AvgIpc) is 2.90. The van der Waals surface area contributed by atoms with Crippen molar-refractivity contribution in [2.45, 2.75) is 33.1 Å². The van der Waals surface area contributed by atoms with Gasteiger partial charge >= 0.3 is 0 Å². The summed E-state index contributed by atoms with van der Waals surface area (Å²) in [6.07, 6.45) is 8.72. The van der Waals surface area contributed by atoms with E-state index in [2.05, 4.69) is 61.3 Å². The van der Waals surface area contributed by atoms with Crippen molar-refractivity contribution < 1.29 is 4.74 Å². The minimum absolute atomic E-state index is 0.120. The van der Waals surface area contributed by atoms with E-state index in [9.17, 15) is 0 Å². The zero-order valence-electron chi connectivity index (χ0n) is 21.4. The molecular formula is C28H28N8O. The van der Waals surface area contributed by atoms with Crippen molar-refractivity contribution >= 4 is 28.2 Å². The monoisotopic (exact) mass is 492 g/mol. The van der Waals surface area contributed by atoms with Gasteiger partial charge in [-0.1, -0.05) is 32.9 Å². The van der Waals surface area contributed by atoms with Gasteiger partial charge in [-0.25, -0.2) is 29.9 Å². The number of fused-ring (bicyclic) bond motifs is 1. The van der Waals surface area contributed by atoms with E-state index in [1.54, 1.807) is 38.0 Å². The minimum atomic E-state index is -0.120. The molecule has 0 spiro atoms. The molecule has 0 aliphatic heterocycles. The molecule has 0 fully saturated rings. The minimum Gasteiger partial charge on any atom is -0.437 e. The molecule has 0 atom stereocenters. The lowest BCUT2D eigenvalue weighted by Gasteiger charge is -2.17. The summed E-state index contributed by atoms with van der Waals surface area (Å²) >= 11 is 0. The quantitative estimate of drug-likeness (QED) is 0.292. The number of rotatable bonds is 6. The Bertz CT molecular complexity index is 1560. The third-order valence-corrected chi connectivity index (χ3v) is 5.80. The molecule has 186 valence electrons. The molecule has 0 saturated heterocycles. The molecule has 0 amide bonds. The highest BCUT2D eigenvalue weighted by atomic mass is 16.5. The number of benzene rings is 1. The number of anilines is 3. The Kier molecular flexibility index (Phi) is 6.35. The first-order valence-electron chi connectivity index (χ1n) is 12.0. The smallest absolute Gasteiger partial charge is 0.228 e. The van der Waals surface area contributed by atoms with Gasteiger partial charge in [0, 0.05) is 41.8 Å². The van der Waals surface area contributed by atoms with Gasteiger partial charge in [-0.15, -0.1) is 0 Å². The van der Waals surface area contributed by atoms with E-state index in [0.29, 0.717) is 29.1 Å². The number of hydrogen-bond donors (Lipinski definition) is 2. The molecule has 0 unspecified atom stereocenters. The van der Waals surface area contributed by atoms with Gasteiger partial charge in [0.25, 0.3) is 0 Å². The summed E-state index contributed by atoms with van der Waals surface area (Å²) in [5.74, 6) is 3.15. The molecule has 5 aromatic rings. The standard InChI is InChI=1S/C28H28N8O/c1-17-8-9-20-19(10-13-30-24(20)35-18-15-33-26(34-16-18)28(2,3)4)23(17)37-25-21(7-6-12-31-25)22-11-14-32-27(29-5)36-22/h6-16H,1-5H3,(H,30,35)(H,29,32,36). The molecule has 5 rings (SSSR count). The summed E-state index contributed by atoms with van der Waals surface area (Å²) in [7, 11) is 1.78. The maximum absolute atomic E-state index is 6.47. The van der Waals surface area contributed by atoms with Crippen LogP contribution in [-0.4, -0.2) is 37.0 Å². The number of nitrogens with zero attached hydrogens (tertiary/aromatic N) is 6. The van der Waals surface area contributed by atoms with Crippen molar-refractivity contribution in [1.29, 1.82) is 0 Å². The van der Waals surface area contributed by atoms with Crippen LogP contribution in [0, 0.1) is 6.92 Å². The van der Waals surface area contributed by atoms with Crippen LogP contribution in [0.5, 0.6) is 11.6 Å². The molecule has 1 aromatic carbocycles. The van der Waals surface area contributed by atoms with Gasteiger partial charge < -0.3 is 15.4 Å². The number of nitrogens with one attached hydrogen (secondary N) is 2. The van der Waals surface area contributed by atoms with Gasteiger partial charge in [0.1, 0.15) is 17.4 Å². The Hall–Kier alpha value is -4.66. The zero-order valence-corrected chi connectivity index (χ0v) is 21.4. The fourth-order valence-electron chi connectivity index (χ4n) is 3.88. The highest BCUT2D eigenvalue weighted by Gasteiger charge is 2.18. The molecule has 0 aliphatic rings. The second kappa shape index (κ2) is 9.77. The second-order valence-corrected chi connectivity index (χ2v) is 9.61. The fourth-order valence-corrected chi connectivity index (χ4v) is 3.88. The molecule has 0 saturated carbocycles. The number of ether oxygens (including phenoxy) is 1. The lowest BCUT2D eigenvalue weighted by Crippen LogP contribution is -2.15. The molecule has 4 heterocycles. The first kappa shape index (κ1) is 24.1. The predicted molar refractivity (Wildman–Crippen MR) is 145 cm³/mol. The van der Waals surface area contributed by atoms with E-state index < -0.39 is 0 Å². The third-order valence-electron chi connectivity index (χ3n) is 5.80. The maximum atomic E-state index is 6.47. The SMILES string of the molecule is CNc1nccc(-c2cccnc2Oc2c(C)ccc3c(Nc4cnc(C(C)(C)C)nc4)nccc23)n1.